The molecule has 1 aliphatic heterocycles. The van der Waals surface area contributed by atoms with Crippen LogP contribution in [0, 0.1) is 5.82 Å². The molecule has 0 bridgehead atoms. The molecule has 5 heteroatoms. The fraction of sp³-hybridized carbons (Fsp3) is 0.538. The van der Waals surface area contributed by atoms with Crippen molar-refractivity contribution in [2.24, 2.45) is 0 Å². The minimum Gasteiger partial charge on any atom is -0.382 e. The van der Waals surface area contributed by atoms with Gasteiger partial charge in [0, 0.05) is 11.7 Å². The number of nitrogens with zero attached hydrogens (tertiary/aromatic N) is 1. The van der Waals surface area contributed by atoms with Crippen molar-refractivity contribution in [3.63, 3.8) is 0 Å². The van der Waals surface area contributed by atoms with Crippen LogP contribution in [0.25, 0.3) is 0 Å². The molecule has 2 unspecified atom stereocenters. The summed E-state index contributed by atoms with van der Waals surface area (Å²) in [4.78, 5) is 2.17. The summed E-state index contributed by atoms with van der Waals surface area (Å²) in [7, 11) is 4.13. The second-order valence-electron chi connectivity index (χ2n) is 4.93. The van der Waals surface area contributed by atoms with Gasteiger partial charge in [0.15, 0.2) is 0 Å². The van der Waals surface area contributed by atoms with Gasteiger partial charge in [-0.25, -0.2) is 4.39 Å². The van der Waals surface area contributed by atoms with Crippen LogP contribution in [-0.2, 0) is 0 Å². The average Bonchev–Trinajstić information content (AvgIpc) is 2.34. The van der Waals surface area contributed by atoms with Gasteiger partial charge in [-0.05, 0) is 51.7 Å². The molecule has 0 amide bonds. The number of anilines is 1. The van der Waals surface area contributed by atoms with E-state index in [0.717, 1.165) is 25.1 Å². The lowest BCUT2D eigenvalue weighted by atomic mass is 10.0. The Labute approximate surface area is 112 Å². The van der Waals surface area contributed by atoms with Crippen LogP contribution in [0.1, 0.15) is 12.8 Å². The highest BCUT2D eigenvalue weighted by molar-refractivity contribution is 6.31. The van der Waals surface area contributed by atoms with Gasteiger partial charge in [-0.15, -0.1) is 0 Å². The standard InChI is InChI=1S/C13H19ClFN3/c1-18(2)13-8-10(5-6-16-13)17-9-3-4-12(15)11(14)7-9/h3-4,7,10,13,16-17H,5-6,8H2,1-2H3. The van der Waals surface area contributed by atoms with Gasteiger partial charge in [0.25, 0.3) is 0 Å². The second kappa shape index (κ2) is 5.87. The fourth-order valence-corrected chi connectivity index (χ4v) is 2.42. The zero-order valence-corrected chi connectivity index (χ0v) is 11.5. The summed E-state index contributed by atoms with van der Waals surface area (Å²) in [5, 5.41) is 7.04. The van der Waals surface area contributed by atoms with E-state index in [0.29, 0.717) is 12.2 Å². The van der Waals surface area contributed by atoms with E-state index in [1.807, 2.05) is 0 Å². The normalized spacial score (nSPS) is 24.3. The van der Waals surface area contributed by atoms with Gasteiger partial charge in [-0.3, -0.25) is 4.90 Å². The van der Waals surface area contributed by atoms with Gasteiger partial charge in [0.2, 0.25) is 0 Å². The van der Waals surface area contributed by atoms with Crippen LogP contribution in [0.3, 0.4) is 0 Å². The fourth-order valence-electron chi connectivity index (χ4n) is 2.24. The maximum atomic E-state index is 13.1. The van der Waals surface area contributed by atoms with Crippen molar-refractivity contribution in [2.45, 2.75) is 25.0 Å². The van der Waals surface area contributed by atoms with Crippen LogP contribution < -0.4 is 10.6 Å². The molecule has 1 saturated heterocycles. The molecule has 0 radical (unpaired) electrons. The third kappa shape index (κ3) is 3.34. The number of rotatable bonds is 3. The summed E-state index contributed by atoms with van der Waals surface area (Å²) >= 11 is 5.78. The summed E-state index contributed by atoms with van der Waals surface area (Å²) in [6.07, 6.45) is 2.45. The molecule has 1 aliphatic rings. The first-order valence-corrected chi connectivity index (χ1v) is 6.55. The molecule has 0 aromatic heterocycles. The quantitative estimate of drug-likeness (QED) is 0.885. The van der Waals surface area contributed by atoms with Crippen LogP contribution >= 0.6 is 11.6 Å². The molecule has 1 aromatic carbocycles. The van der Waals surface area contributed by atoms with Crippen molar-refractivity contribution in [1.82, 2.24) is 10.2 Å². The van der Waals surface area contributed by atoms with E-state index in [2.05, 4.69) is 29.6 Å². The third-order valence-electron chi connectivity index (χ3n) is 3.29. The molecule has 2 rings (SSSR count). The van der Waals surface area contributed by atoms with E-state index < -0.39 is 0 Å². The average molecular weight is 272 g/mol. The van der Waals surface area contributed by atoms with E-state index in [-0.39, 0.29) is 10.8 Å². The number of hydrogen-bond donors (Lipinski definition) is 2. The van der Waals surface area contributed by atoms with Crippen LogP contribution in [0.5, 0.6) is 0 Å². The highest BCUT2D eigenvalue weighted by Crippen LogP contribution is 2.22. The Morgan fingerprint density at radius 1 is 1.44 bits per heavy atom. The predicted octanol–water partition coefficient (Wildman–Crippen LogP) is 2.53. The lowest BCUT2D eigenvalue weighted by Crippen LogP contribution is -2.50. The maximum Gasteiger partial charge on any atom is 0.141 e. The smallest absolute Gasteiger partial charge is 0.141 e. The van der Waals surface area contributed by atoms with Crippen molar-refractivity contribution < 1.29 is 4.39 Å². The number of hydrogen-bond acceptors (Lipinski definition) is 3. The van der Waals surface area contributed by atoms with Crippen molar-refractivity contribution in [3.05, 3.63) is 29.0 Å². The highest BCUT2D eigenvalue weighted by Gasteiger charge is 2.22. The molecule has 100 valence electrons. The molecule has 0 aliphatic carbocycles. The zero-order chi connectivity index (χ0) is 13.1. The second-order valence-corrected chi connectivity index (χ2v) is 5.34. The molecule has 2 N–H and O–H groups in total. The Balaban J connectivity index is 1.98. The van der Waals surface area contributed by atoms with Crippen LogP contribution in [0.15, 0.2) is 18.2 Å². The van der Waals surface area contributed by atoms with E-state index in [4.69, 9.17) is 11.6 Å². The molecule has 2 atom stereocenters. The highest BCUT2D eigenvalue weighted by atomic mass is 35.5. The van der Waals surface area contributed by atoms with Gasteiger partial charge in [0.1, 0.15) is 5.82 Å². The molecule has 0 saturated carbocycles. The van der Waals surface area contributed by atoms with E-state index in [1.54, 1.807) is 12.1 Å². The van der Waals surface area contributed by atoms with Gasteiger partial charge in [-0.1, -0.05) is 11.6 Å². The lowest BCUT2D eigenvalue weighted by Gasteiger charge is -2.35. The van der Waals surface area contributed by atoms with Gasteiger partial charge in [-0.2, -0.15) is 0 Å². The Morgan fingerprint density at radius 3 is 2.89 bits per heavy atom. The number of nitrogens with one attached hydrogen (secondary N) is 2. The summed E-state index contributed by atoms with van der Waals surface area (Å²) in [5.74, 6) is -0.376. The van der Waals surface area contributed by atoms with E-state index in [1.165, 1.54) is 6.07 Å². The van der Waals surface area contributed by atoms with Crippen molar-refractivity contribution in [3.8, 4) is 0 Å². The Hall–Kier alpha value is -0.840. The van der Waals surface area contributed by atoms with Crippen molar-refractivity contribution in [2.75, 3.05) is 26.0 Å². The van der Waals surface area contributed by atoms with Crippen molar-refractivity contribution >= 4 is 17.3 Å². The Bertz CT molecular complexity index is 411. The van der Waals surface area contributed by atoms with Gasteiger partial charge >= 0.3 is 0 Å². The molecule has 1 fully saturated rings. The van der Waals surface area contributed by atoms with Crippen LogP contribution in [0.2, 0.25) is 5.02 Å². The number of benzene rings is 1. The van der Waals surface area contributed by atoms with Gasteiger partial charge in [0.05, 0.1) is 11.2 Å². The minimum absolute atomic E-state index is 0.165. The molecule has 1 aromatic rings. The molecule has 0 spiro atoms. The first kappa shape index (κ1) is 13.6. The lowest BCUT2D eigenvalue weighted by molar-refractivity contribution is 0.196. The van der Waals surface area contributed by atoms with Gasteiger partial charge < -0.3 is 10.6 Å². The van der Waals surface area contributed by atoms with Crippen LogP contribution in [0.4, 0.5) is 10.1 Å². The molecular weight excluding hydrogens is 253 g/mol. The molecular formula is C13H19ClFN3. The first-order chi connectivity index (χ1) is 8.56. The van der Waals surface area contributed by atoms with E-state index >= 15 is 0 Å². The molecule has 18 heavy (non-hydrogen) atoms. The summed E-state index contributed by atoms with van der Waals surface area (Å²) in [6, 6.07) is 5.16. The van der Waals surface area contributed by atoms with Crippen molar-refractivity contribution in [1.29, 1.82) is 0 Å². The minimum atomic E-state index is -0.376. The zero-order valence-electron chi connectivity index (χ0n) is 10.7. The van der Waals surface area contributed by atoms with Crippen LogP contribution in [-0.4, -0.2) is 37.7 Å². The summed E-state index contributed by atoms with van der Waals surface area (Å²) < 4.78 is 13.1. The summed E-state index contributed by atoms with van der Waals surface area (Å²) in [6.45, 7) is 0.982. The monoisotopic (exact) mass is 271 g/mol. The maximum absolute atomic E-state index is 13.1. The van der Waals surface area contributed by atoms with E-state index in [9.17, 15) is 4.39 Å². The molecule has 3 nitrogen and oxygen atoms in total. The predicted molar refractivity (Wildman–Crippen MR) is 73.5 cm³/mol. The first-order valence-electron chi connectivity index (χ1n) is 6.17. The number of piperidine rings is 1. The summed E-state index contributed by atoms with van der Waals surface area (Å²) in [5.41, 5.74) is 0.880. The third-order valence-corrected chi connectivity index (χ3v) is 3.58. The topological polar surface area (TPSA) is 27.3 Å². The SMILES string of the molecule is CN(C)C1CC(Nc2ccc(F)c(Cl)c2)CCN1. The number of halogens is 2. The molecule has 1 heterocycles. The Morgan fingerprint density at radius 2 is 2.22 bits per heavy atom. The largest absolute Gasteiger partial charge is 0.382 e. The Kier molecular flexibility index (Phi) is 4.43.